The van der Waals surface area contributed by atoms with Crippen molar-refractivity contribution in [3.8, 4) is 0 Å². The zero-order valence-electron chi connectivity index (χ0n) is 11.0. The molecule has 2 aromatic rings. The lowest BCUT2D eigenvalue weighted by molar-refractivity contribution is 0.0953. The minimum atomic E-state index is -0.119. The second kappa shape index (κ2) is 6.04. The molecule has 0 saturated carbocycles. The fraction of sp³-hybridized carbons (Fsp3) is 0.286. The largest absolute Gasteiger partial charge is 0.398 e. The van der Waals surface area contributed by atoms with Gasteiger partial charge in [-0.15, -0.1) is 0 Å². The second-order valence-electron chi connectivity index (χ2n) is 4.45. The summed E-state index contributed by atoms with van der Waals surface area (Å²) in [6, 6.07) is 5.48. The molecule has 0 fully saturated rings. The van der Waals surface area contributed by atoms with Crippen LogP contribution in [0, 0.1) is 6.92 Å². The standard InChI is InChI=1S/C14H18N4O/c1-11-4-2-5-12(13(11)15)14(19)17-6-3-8-18-9-7-16-10-18/h2,4-5,7,9-10H,3,6,8,15H2,1H3,(H,17,19). The van der Waals surface area contributed by atoms with Gasteiger partial charge in [-0.1, -0.05) is 12.1 Å². The summed E-state index contributed by atoms with van der Waals surface area (Å²) in [7, 11) is 0. The summed E-state index contributed by atoms with van der Waals surface area (Å²) in [5.74, 6) is -0.119. The van der Waals surface area contributed by atoms with Gasteiger partial charge < -0.3 is 15.6 Å². The molecular weight excluding hydrogens is 240 g/mol. The van der Waals surface area contributed by atoms with Gasteiger partial charge >= 0.3 is 0 Å². The van der Waals surface area contributed by atoms with E-state index in [-0.39, 0.29) is 5.91 Å². The Morgan fingerprint density at radius 1 is 1.47 bits per heavy atom. The number of carbonyl (C=O) groups is 1. The molecule has 1 heterocycles. The summed E-state index contributed by atoms with van der Waals surface area (Å²) >= 11 is 0. The van der Waals surface area contributed by atoms with E-state index in [0.717, 1.165) is 18.5 Å². The Bertz CT molecular complexity index is 549. The van der Waals surface area contributed by atoms with E-state index in [4.69, 9.17) is 5.73 Å². The molecule has 19 heavy (non-hydrogen) atoms. The number of amides is 1. The van der Waals surface area contributed by atoms with Crippen LogP contribution in [-0.2, 0) is 6.54 Å². The number of nitrogens with zero attached hydrogens (tertiary/aromatic N) is 2. The van der Waals surface area contributed by atoms with E-state index in [1.807, 2.05) is 29.8 Å². The molecule has 0 unspecified atom stereocenters. The lowest BCUT2D eigenvalue weighted by Gasteiger charge is -2.09. The number of aromatic nitrogens is 2. The monoisotopic (exact) mass is 258 g/mol. The fourth-order valence-corrected chi connectivity index (χ4v) is 1.86. The number of imidazole rings is 1. The molecule has 0 spiro atoms. The second-order valence-corrected chi connectivity index (χ2v) is 4.45. The summed E-state index contributed by atoms with van der Waals surface area (Å²) in [6.07, 6.45) is 6.26. The number of nitrogens with one attached hydrogen (secondary N) is 1. The average Bonchev–Trinajstić information content (AvgIpc) is 2.91. The molecule has 1 aromatic carbocycles. The van der Waals surface area contributed by atoms with Crippen LogP contribution in [-0.4, -0.2) is 22.0 Å². The van der Waals surface area contributed by atoms with Crippen molar-refractivity contribution in [1.82, 2.24) is 14.9 Å². The van der Waals surface area contributed by atoms with Gasteiger partial charge in [0.05, 0.1) is 11.9 Å². The number of hydrogen-bond donors (Lipinski definition) is 2. The first-order valence-electron chi connectivity index (χ1n) is 6.27. The van der Waals surface area contributed by atoms with Crippen molar-refractivity contribution in [1.29, 1.82) is 0 Å². The molecule has 5 nitrogen and oxygen atoms in total. The van der Waals surface area contributed by atoms with Gasteiger partial charge in [-0.05, 0) is 25.0 Å². The molecule has 1 amide bonds. The number of anilines is 1. The lowest BCUT2D eigenvalue weighted by Crippen LogP contribution is -2.26. The number of hydrogen-bond acceptors (Lipinski definition) is 3. The summed E-state index contributed by atoms with van der Waals surface area (Å²) < 4.78 is 1.98. The van der Waals surface area contributed by atoms with Gasteiger partial charge in [-0.3, -0.25) is 4.79 Å². The number of nitrogens with two attached hydrogens (primary N) is 1. The van der Waals surface area contributed by atoms with Gasteiger partial charge in [0.2, 0.25) is 0 Å². The van der Waals surface area contributed by atoms with Crippen LogP contribution < -0.4 is 11.1 Å². The van der Waals surface area contributed by atoms with E-state index in [1.165, 1.54) is 0 Å². The number of para-hydroxylation sites is 1. The minimum absolute atomic E-state index is 0.119. The van der Waals surface area contributed by atoms with Crippen LogP contribution in [0.4, 0.5) is 5.69 Å². The smallest absolute Gasteiger partial charge is 0.253 e. The summed E-state index contributed by atoms with van der Waals surface area (Å²) in [5, 5.41) is 2.88. The first-order valence-corrected chi connectivity index (χ1v) is 6.27. The van der Waals surface area contributed by atoms with Crippen molar-refractivity contribution in [2.75, 3.05) is 12.3 Å². The van der Waals surface area contributed by atoms with Crippen molar-refractivity contribution in [2.24, 2.45) is 0 Å². The number of nitrogen functional groups attached to an aromatic ring is 1. The third kappa shape index (κ3) is 3.34. The number of carbonyl (C=O) groups excluding carboxylic acids is 1. The highest BCUT2D eigenvalue weighted by Gasteiger charge is 2.09. The van der Waals surface area contributed by atoms with Crippen molar-refractivity contribution in [3.05, 3.63) is 48.0 Å². The summed E-state index contributed by atoms with van der Waals surface area (Å²) in [4.78, 5) is 15.9. The van der Waals surface area contributed by atoms with Crippen LogP contribution in [0.15, 0.2) is 36.9 Å². The summed E-state index contributed by atoms with van der Waals surface area (Å²) in [5.41, 5.74) is 7.91. The quantitative estimate of drug-likeness (QED) is 0.632. The van der Waals surface area contributed by atoms with Crippen LogP contribution in [0.5, 0.6) is 0 Å². The Morgan fingerprint density at radius 2 is 2.32 bits per heavy atom. The predicted molar refractivity (Wildman–Crippen MR) is 74.8 cm³/mol. The van der Waals surface area contributed by atoms with E-state index < -0.39 is 0 Å². The molecule has 0 aliphatic rings. The van der Waals surface area contributed by atoms with E-state index >= 15 is 0 Å². The van der Waals surface area contributed by atoms with Gasteiger partial charge in [0, 0.05) is 31.2 Å². The Morgan fingerprint density at radius 3 is 3.05 bits per heavy atom. The Hall–Kier alpha value is -2.30. The number of benzene rings is 1. The third-order valence-corrected chi connectivity index (χ3v) is 3.01. The van der Waals surface area contributed by atoms with E-state index in [9.17, 15) is 4.79 Å². The van der Waals surface area contributed by atoms with Crippen molar-refractivity contribution >= 4 is 11.6 Å². The zero-order valence-corrected chi connectivity index (χ0v) is 11.0. The molecule has 2 rings (SSSR count). The molecule has 1 aromatic heterocycles. The van der Waals surface area contributed by atoms with Gasteiger partial charge in [0.15, 0.2) is 0 Å². The van der Waals surface area contributed by atoms with Crippen LogP contribution in [0.1, 0.15) is 22.3 Å². The molecule has 0 saturated heterocycles. The molecule has 3 N–H and O–H groups in total. The molecule has 0 atom stereocenters. The molecule has 0 aliphatic carbocycles. The highest BCUT2D eigenvalue weighted by molar-refractivity contribution is 5.99. The predicted octanol–water partition coefficient (Wildman–Crippen LogP) is 1.59. The summed E-state index contributed by atoms with van der Waals surface area (Å²) in [6.45, 7) is 3.35. The average molecular weight is 258 g/mol. The number of aryl methyl sites for hydroxylation is 2. The normalized spacial score (nSPS) is 10.4. The van der Waals surface area contributed by atoms with E-state index in [2.05, 4.69) is 10.3 Å². The maximum absolute atomic E-state index is 12.0. The van der Waals surface area contributed by atoms with E-state index in [1.54, 1.807) is 18.6 Å². The van der Waals surface area contributed by atoms with Crippen molar-refractivity contribution < 1.29 is 4.79 Å². The van der Waals surface area contributed by atoms with Gasteiger partial charge in [-0.25, -0.2) is 4.98 Å². The molecule has 0 radical (unpaired) electrons. The lowest BCUT2D eigenvalue weighted by atomic mass is 10.1. The van der Waals surface area contributed by atoms with Crippen LogP contribution in [0.25, 0.3) is 0 Å². The van der Waals surface area contributed by atoms with Gasteiger partial charge in [0.25, 0.3) is 5.91 Å². The van der Waals surface area contributed by atoms with Crippen LogP contribution in [0.2, 0.25) is 0 Å². The van der Waals surface area contributed by atoms with Gasteiger partial charge in [0.1, 0.15) is 0 Å². The molecule has 5 heteroatoms. The minimum Gasteiger partial charge on any atom is -0.398 e. The maximum atomic E-state index is 12.0. The highest BCUT2D eigenvalue weighted by atomic mass is 16.1. The van der Waals surface area contributed by atoms with Crippen LogP contribution >= 0.6 is 0 Å². The van der Waals surface area contributed by atoms with Crippen molar-refractivity contribution in [2.45, 2.75) is 19.9 Å². The first kappa shape index (κ1) is 13.1. The molecule has 0 aliphatic heterocycles. The van der Waals surface area contributed by atoms with Gasteiger partial charge in [-0.2, -0.15) is 0 Å². The first-order chi connectivity index (χ1) is 9.18. The van der Waals surface area contributed by atoms with Crippen LogP contribution in [0.3, 0.4) is 0 Å². The fourth-order valence-electron chi connectivity index (χ4n) is 1.86. The third-order valence-electron chi connectivity index (χ3n) is 3.01. The SMILES string of the molecule is Cc1cccc(C(=O)NCCCn2ccnc2)c1N. The Balaban J connectivity index is 1.83. The van der Waals surface area contributed by atoms with E-state index in [0.29, 0.717) is 17.8 Å². The molecule has 100 valence electrons. The number of rotatable bonds is 5. The maximum Gasteiger partial charge on any atom is 0.253 e. The molecular formula is C14H18N4O. The highest BCUT2D eigenvalue weighted by Crippen LogP contribution is 2.15. The topological polar surface area (TPSA) is 72.9 Å². The Labute approximate surface area is 112 Å². The molecule has 0 bridgehead atoms. The zero-order chi connectivity index (χ0) is 13.7. The Kier molecular flexibility index (Phi) is 4.18. The van der Waals surface area contributed by atoms with Crippen molar-refractivity contribution in [3.63, 3.8) is 0 Å².